The highest BCUT2D eigenvalue weighted by atomic mass is 127. The van der Waals surface area contributed by atoms with E-state index in [1.165, 1.54) is 6.42 Å². The first-order chi connectivity index (χ1) is 10.9. The Bertz CT molecular complexity index is 653. The molecular formula is C18H22IN3O. The van der Waals surface area contributed by atoms with Crippen molar-refractivity contribution < 1.29 is 4.79 Å². The number of benzene rings is 1. The Balaban J connectivity index is 2.18. The minimum Gasteiger partial charge on any atom is -0.371 e. The Morgan fingerprint density at radius 1 is 1.39 bits per heavy atom. The van der Waals surface area contributed by atoms with Gasteiger partial charge in [-0.1, -0.05) is 0 Å². The van der Waals surface area contributed by atoms with Crippen molar-refractivity contribution in [2.75, 3.05) is 5.32 Å². The van der Waals surface area contributed by atoms with Crippen LogP contribution in [0, 0.1) is 21.8 Å². The zero-order valence-electron chi connectivity index (χ0n) is 13.8. The third-order valence-corrected chi connectivity index (χ3v) is 5.01. The number of aryl methyl sites for hydroxylation is 1. The number of hydrogen-bond donors (Lipinski definition) is 1. The molecule has 0 aliphatic carbocycles. The lowest BCUT2D eigenvalue weighted by Crippen LogP contribution is -2.40. The zero-order valence-corrected chi connectivity index (χ0v) is 15.9. The normalized spacial score (nSPS) is 21.7. The molecule has 4 nitrogen and oxygen atoms in total. The third-order valence-electron chi connectivity index (χ3n) is 4.34. The molecule has 1 aromatic rings. The van der Waals surface area contributed by atoms with Crippen LogP contribution in [0.1, 0.15) is 38.7 Å². The number of nitrogens with one attached hydrogen (secondary N) is 1. The van der Waals surface area contributed by atoms with Crippen LogP contribution in [0.3, 0.4) is 0 Å². The van der Waals surface area contributed by atoms with Crippen molar-refractivity contribution in [3.05, 3.63) is 39.1 Å². The van der Waals surface area contributed by atoms with Gasteiger partial charge in [0.1, 0.15) is 11.6 Å². The van der Waals surface area contributed by atoms with Crippen molar-refractivity contribution >= 4 is 34.2 Å². The van der Waals surface area contributed by atoms with E-state index in [1.807, 2.05) is 31.2 Å². The quantitative estimate of drug-likeness (QED) is 0.450. The Labute approximate surface area is 151 Å². The van der Waals surface area contributed by atoms with E-state index >= 15 is 0 Å². The maximum atomic E-state index is 12.4. The van der Waals surface area contributed by atoms with Crippen LogP contribution in [-0.4, -0.2) is 22.9 Å². The van der Waals surface area contributed by atoms with Crippen LogP contribution in [-0.2, 0) is 4.79 Å². The molecule has 0 aromatic heterocycles. The van der Waals surface area contributed by atoms with Gasteiger partial charge >= 0.3 is 0 Å². The molecule has 122 valence electrons. The molecule has 0 saturated carbocycles. The van der Waals surface area contributed by atoms with Crippen molar-refractivity contribution in [2.24, 2.45) is 0 Å². The molecule has 1 aliphatic heterocycles. The average molecular weight is 423 g/mol. The number of halogens is 1. The van der Waals surface area contributed by atoms with Gasteiger partial charge in [-0.2, -0.15) is 5.26 Å². The fourth-order valence-corrected chi connectivity index (χ4v) is 3.59. The molecule has 0 bridgehead atoms. The van der Waals surface area contributed by atoms with Gasteiger partial charge in [-0.3, -0.25) is 4.79 Å². The second-order valence-corrected chi connectivity index (χ2v) is 7.39. The smallest absolute Gasteiger partial charge is 0.267 e. The maximum Gasteiger partial charge on any atom is 0.267 e. The summed E-state index contributed by atoms with van der Waals surface area (Å²) in [6.45, 7) is 6.23. The summed E-state index contributed by atoms with van der Waals surface area (Å²) in [6, 6.07) is 8.57. The molecule has 1 aliphatic rings. The molecule has 2 rings (SSSR count). The maximum absolute atomic E-state index is 12.4. The predicted octanol–water partition coefficient (Wildman–Crippen LogP) is 4.21. The minimum absolute atomic E-state index is 0.156. The van der Waals surface area contributed by atoms with Gasteiger partial charge in [0, 0.05) is 27.5 Å². The largest absolute Gasteiger partial charge is 0.371 e. The van der Waals surface area contributed by atoms with Crippen LogP contribution < -0.4 is 5.32 Å². The van der Waals surface area contributed by atoms with Crippen molar-refractivity contribution in [3.8, 4) is 6.07 Å². The van der Waals surface area contributed by atoms with Crippen LogP contribution in [0.5, 0.6) is 0 Å². The van der Waals surface area contributed by atoms with Crippen LogP contribution in [0.15, 0.2) is 30.0 Å². The molecule has 1 aromatic carbocycles. The molecule has 0 spiro atoms. The zero-order chi connectivity index (χ0) is 17.0. The number of carbonyl (C=O) groups is 1. The highest BCUT2D eigenvalue weighted by Gasteiger charge is 2.23. The summed E-state index contributed by atoms with van der Waals surface area (Å²) in [7, 11) is 0. The average Bonchev–Trinajstić information content (AvgIpc) is 2.50. The highest BCUT2D eigenvalue weighted by Crippen LogP contribution is 2.24. The van der Waals surface area contributed by atoms with E-state index < -0.39 is 0 Å². The lowest BCUT2D eigenvalue weighted by molar-refractivity contribution is -0.112. The first kappa shape index (κ1) is 17.8. The van der Waals surface area contributed by atoms with Crippen LogP contribution in [0.4, 0.5) is 5.69 Å². The number of amides is 1. The topological polar surface area (TPSA) is 56.1 Å². The third kappa shape index (κ3) is 4.47. The summed E-state index contributed by atoms with van der Waals surface area (Å²) in [5, 5.41) is 12.2. The number of nitrogens with zero attached hydrogens (tertiary/aromatic N) is 2. The molecule has 0 radical (unpaired) electrons. The SMILES string of the molecule is Cc1cc(I)ccc1NC(=O)/C(C#N)=C\N1C(C)CCCC1C. The molecule has 1 saturated heterocycles. The monoisotopic (exact) mass is 423 g/mol. The van der Waals surface area contributed by atoms with Gasteiger partial charge in [0.25, 0.3) is 5.91 Å². The Kier molecular flexibility index (Phi) is 6.05. The molecule has 23 heavy (non-hydrogen) atoms. The van der Waals surface area contributed by atoms with Crippen molar-refractivity contribution in [2.45, 2.75) is 52.1 Å². The van der Waals surface area contributed by atoms with Gasteiger partial charge in [0.2, 0.25) is 0 Å². The fraction of sp³-hybridized carbons (Fsp3) is 0.444. The van der Waals surface area contributed by atoms with E-state index in [-0.39, 0.29) is 11.5 Å². The summed E-state index contributed by atoms with van der Waals surface area (Å²) >= 11 is 2.23. The summed E-state index contributed by atoms with van der Waals surface area (Å²) in [6.07, 6.45) is 5.11. The van der Waals surface area contributed by atoms with Gasteiger partial charge in [-0.05, 0) is 86.4 Å². The molecule has 1 N–H and O–H groups in total. The van der Waals surface area contributed by atoms with Gasteiger partial charge in [0.05, 0.1) is 0 Å². The second-order valence-electron chi connectivity index (χ2n) is 6.14. The number of piperidine rings is 1. The Morgan fingerprint density at radius 3 is 2.61 bits per heavy atom. The van der Waals surface area contributed by atoms with Crippen molar-refractivity contribution in [3.63, 3.8) is 0 Å². The Morgan fingerprint density at radius 2 is 2.04 bits per heavy atom. The molecule has 1 heterocycles. The first-order valence-corrected chi connectivity index (χ1v) is 8.97. The molecule has 2 unspecified atom stereocenters. The number of nitriles is 1. The van der Waals surface area contributed by atoms with Gasteiger partial charge in [0.15, 0.2) is 0 Å². The molecule has 2 atom stereocenters. The van der Waals surface area contributed by atoms with Gasteiger partial charge < -0.3 is 10.2 Å². The van der Waals surface area contributed by atoms with E-state index in [0.717, 1.165) is 27.7 Å². The van der Waals surface area contributed by atoms with Gasteiger partial charge in [-0.15, -0.1) is 0 Å². The summed E-state index contributed by atoms with van der Waals surface area (Å²) in [5.41, 5.74) is 1.89. The summed E-state index contributed by atoms with van der Waals surface area (Å²) in [5.74, 6) is -0.346. The number of carbonyl (C=O) groups excluding carboxylic acids is 1. The standard InChI is InChI=1S/C18H22IN3O/c1-12-9-16(19)7-8-17(12)21-18(23)15(10-20)11-22-13(2)5-4-6-14(22)3/h7-9,11,13-14H,4-6H2,1-3H3,(H,21,23)/b15-11-. The molecule has 1 fully saturated rings. The van der Waals surface area contributed by atoms with Crippen molar-refractivity contribution in [1.29, 1.82) is 5.26 Å². The van der Waals surface area contributed by atoms with E-state index in [0.29, 0.717) is 12.1 Å². The Hall–Kier alpha value is -1.55. The lowest BCUT2D eigenvalue weighted by atomic mass is 9.98. The van der Waals surface area contributed by atoms with E-state index in [9.17, 15) is 10.1 Å². The van der Waals surface area contributed by atoms with Crippen molar-refractivity contribution in [1.82, 2.24) is 4.90 Å². The van der Waals surface area contributed by atoms with Crippen LogP contribution >= 0.6 is 22.6 Å². The number of rotatable bonds is 3. The fourth-order valence-electron chi connectivity index (χ4n) is 2.94. The first-order valence-electron chi connectivity index (χ1n) is 7.89. The van der Waals surface area contributed by atoms with Crippen LogP contribution in [0.2, 0.25) is 0 Å². The van der Waals surface area contributed by atoms with E-state index in [1.54, 1.807) is 6.20 Å². The number of hydrogen-bond acceptors (Lipinski definition) is 3. The molecular weight excluding hydrogens is 401 g/mol. The van der Waals surface area contributed by atoms with E-state index in [2.05, 4.69) is 46.7 Å². The second kappa shape index (κ2) is 7.82. The minimum atomic E-state index is -0.346. The number of likely N-dealkylation sites (tertiary alicyclic amines) is 1. The molecule has 5 heteroatoms. The highest BCUT2D eigenvalue weighted by molar-refractivity contribution is 14.1. The lowest BCUT2D eigenvalue weighted by Gasteiger charge is -2.38. The summed E-state index contributed by atoms with van der Waals surface area (Å²) in [4.78, 5) is 14.6. The van der Waals surface area contributed by atoms with E-state index in [4.69, 9.17) is 0 Å². The van der Waals surface area contributed by atoms with Gasteiger partial charge in [-0.25, -0.2) is 0 Å². The summed E-state index contributed by atoms with van der Waals surface area (Å²) < 4.78 is 1.12. The molecule has 1 amide bonds. The van der Waals surface area contributed by atoms with Crippen LogP contribution in [0.25, 0.3) is 0 Å². The predicted molar refractivity (Wildman–Crippen MR) is 101 cm³/mol. The number of anilines is 1.